The molecule has 1 fully saturated rings. The van der Waals surface area contributed by atoms with Crippen LogP contribution in [0, 0.1) is 0 Å². The molecule has 1 heterocycles. The van der Waals surface area contributed by atoms with E-state index in [-0.39, 0.29) is 30.0 Å². The summed E-state index contributed by atoms with van der Waals surface area (Å²) in [4.78, 5) is 13.7. The second-order valence-electron chi connectivity index (χ2n) is 5.26. The lowest BCUT2D eigenvalue weighted by Gasteiger charge is -2.22. The van der Waals surface area contributed by atoms with E-state index in [9.17, 15) is 13.2 Å². The molecule has 1 atom stereocenters. The third-order valence-electron chi connectivity index (χ3n) is 3.50. The quantitative estimate of drug-likeness (QED) is 0.802. The second kappa shape index (κ2) is 6.21. The van der Waals surface area contributed by atoms with E-state index >= 15 is 0 Å². The van der Waals surface area contributed by atoms with Crippen molar-refractivity contribution in [3.63, 3.8) is 0 Å². The maximum Gasteiger partial charge on any atom is 0.238 e. The van der Waals surface area contributed by atoms with Gasteiger partial charge in [-0.2, -0.15) is 0 Å². The van der Waals surface area contributed by atoms with Crippen molar-refractivity contribution in [2.24, 2.45) is 0 Å². The Morgan fingerprint density at radius 3 is 2.81 bits per heavy atom. The summed E-state index contributed by atoms with van der Waals surface area (Å²) in [6.45, 7) is 0.128. The van der Waals surface area contributed by atoms with Gasteiger partial charge in [0.1, 0.15) is 0 Å². The number of sulfone groups is 1. The number of nitrogens with one attached hydrogen (secondary N) is 1. The van der Waals surface area contributed by atoms with E-state index in [1.165, 1.54) is 0 Å². The smallest absolute Gasteiger partial charge is 0.238 e. The van der Waals surface area contributed by atoms with Crippen LogP contribution in [0.3, 0.4) is 0 Å². The van der Waals surface area contributed by atoms with Gasteiger partial charge in [-0.25, -0.2) is 8.42 Å². The van der Waals surface area contributed by atoms with Crippen LogP contribution in [0.1, 0.15) is 6.42 Å². The first-order valence-electron chi connectivity index (χ1n) is 6.52. The van der Waals surface area contributed by atoms with Gasteiger partial charge in [-0.05, 0) is 31.7 Å². The fraction of sp³-hybridized carbons (Fsp3) is 0.462. The lowest BCUT2D eigenvalue weighted by Crippen LogP contribution is -2.38. The fourth-order valence-corrected chi connectivity index (χ4v) is 4.22. The minimum Gasteiger partial charge on any atom is -0.397 e. The van der Waals surface area contributed by atoms with Crippen LogP contribution in [0.25, 0.3) is 0 Å². The molecule has 0 radical (unpaired) electrons. The predicted molar refractivity (Wildman–Crippen MR) is 84.2 cm³/mol. The van der Waals surface area contributed by atoms with Gasteiger partial charge in [-0.3, -0.25) is 9.69 Å². The van der Waals surface area contributed by atoms with Crippen LogP contribution in [0.2, 0.25) is 5.02 Å². The molecule has 6 nitrogen and oxygen atoms in total. The molecular weight excluding hydrogens is 314 g/mol. The number of benzene rings is 1. The van der Waals surface area contributed by atoms with Gasteiger partial charge in [0.15, 0.2) is 9.84 Å². The second-order valence-corrected chi connectivity index (χ2v) is 7.89. The van der Waals surface area contributed by atoms with Crippen LogP contribution in [0.4, 0.5) is 11.4 Å². The van der Waals surface area contributed by atoms with Crippen molar-refractivity contribution < 1.29 is 13.2 Å². The number of anilines is 2. The van der Waals surface area contributed by atoms with E-state index < -0.39 is 9.84 Å². The third-order valence-corrected chi connectivity index (χ3v) is 5.60. The number of likely N-dealkylation sites (N-methyl/N-ethyl adjacent to an activating group) is 1. The molecular formula is C13H18ClN3O3S. The molecule has 1 unspecified atom stereocenters. The lowest BCUT2D eigenvalue weighted by atomic mass is 10.2. The normalized spacial score (nSPS) is 20.6. The highest BCUT2D eigenvalue weighted by molar-refractivity contribution is 7.91. The molecule has 1 aromatic rings. The van der Waals surface area contributed by atoms with Crippen molar-refractivity contribution in [1.82, 2.24) is 4.90 Å². The summed E-state index contributed by atoms with van der Waals surface area (Å²) < 4.78 is 22.9. The van der Waals surface area contributed by atoms with E-state index in [4.69, 9.17) is 17.3 Å². The number of hydrogen-bond donors (Lipinski definition) is 2. The highest BCUT2D eigenvalue weighted by atomic mass is 35.5. The number of nitrogen functional groups attached to an aromatic ring is 1. The molecule has 116 valence electrons. The lowest BCUT2D eigenvalue weighted by molar-refractivity contribution is -0.117. The topological polar surface area (TPSA) is 92.5 Å². The monoisotopic (exact) mass is 331 g/mol. The molecule has 21 heavy (non-hydrogen) atoms. The average Bonchev–Trinajstić information content (AvgIpc) is 2.74. The van der Waals surface area contributed by atoms with Gasteiger partial charge in [-0.1, -0.05) is 11.6 Å². The van der Waals surface area contributed by atoms with Crippen molar-refractivity contribution >= 4 is 38.7 Å². The Hall–Kier alpha value is -1.31. The Balaban J connectivity index is 1.91. The average molecular weight is 332 g/mol. The zero-order valence-electron chi connectivity index (χ0n) is 11.7. The summed E-state index contributed by atoms with van der Waals surface area (Å²) in [5.74, 6) is 0.0886. The molecule has 0 saturated carbocycles. The SMILES string of the molecule is CN(CC(=O)Nc1ccc(Cl)c(N)c1)C1CCS(=O)(=O)C1. The van der Waals surface area contributed by atoms with Gasteiger partial charge in [0.2, 0.25) is 5.91 Å². The number of nitrogens with zero attached hydrogens (tertiary/aromatic N) is 1. The van der Waals surface area contributed by atoms with Crippen molar-refractivity contribution in [2.75, 3.05) is 36.1 Å². The van der Waals surface area contributed by atoms with E-state index in [0.717, 1.165) is 0 Å². The summed E-state index contributed by atoms with van der Waals surface area (Å²) in [6, 6.07) is 4.76. The van der Waals surface area contributed by atoms with Crippen molar-refractivity contribution in [3.8, 4) is 0 Å². The first-order valence-corrected chi connectivity index (χ1v) is 8.72. The summed E-state index contributed by atoms with van der Waals surface area (Å²) in [5, 5.41) is 3.15. The number of rotatable bonds is 4. The minimum absolute atomic E-state index is 0.101. The summed E-state index contributed by atoms with van der Waals surface area (Å²) in [5.41, 5.74) is 6.62. The summed E-state index contributed by atoms with van der Waals surface area (Å²) >= 11 is 5.81. The molecule has 1 aliphatic rings. The van der Waals surface area contributed by atoms with E-state index in [2.05, 4.69) is 5.32 Å². The Bertz CT molecular complexity index is 648. The van der Waals surface area contributed by atoms with Gasteiger partial charge in [0, 0.05) is 11.7 Å². The first kappa shape index (κ1) is 16.1. The van der Waals surface area contributed by atoms with Gasteiger partial charge < -0.3 is 11.1 Å². The van der Waals surface area contributed by atoms with Crippen molar-refractivity contribution in [1.29, 1.82) is 0 Å². The zero-order valence-corrected chi connectivity index (χ0v) is 13.2. The number of hydrogen-bond acceptors (Lipinski definition) is 5. The maximum absolute atomic E-state index is 12.0. The number of carbonyl (C=O) groups is 1. The van der Waals surface area contributed by atoms with Crippen LogP contribution in [-0.4, -0.2) is 50.4 Å². The highest BCUT2D eigenvalue weighted by Crippen LogP contribution is 2.22. The number of halogens is 1. The predicted octanol–water partition coefficient (Wildman–Crippen LogP) is 0.980. The minimum atomic E-state index is -2.95. The fourth-order valence-electron chi connectivity index (χ4n) is 2.30. The molecule has 1 aliphatic heterocycles. The molecule has 0 aliphatic carbocycles. The third kappa shape index (κ3) is 4.33. The van der Waals surface area contributed by atoms with Crippen LogP contribution in [0.5, 0.6) is 0 Å². The largest absolute Gasteiger partial charge is 0.397 e. The molecule has 1 saturated heterocycles. The molecule has 0 aromatic heterocycles. The van der Waals surface area contributed by atoms with Gasteiger partial charge in [0.25, 0.3) is 0 Å². The first-order chi connectivity index (χ1) is 9.77. The Kier molecular flexibility index (Phi) is 4.75. The molecule has 0 spiro atoms. The number of amides is 1. The van der Waals surface area contributed by atoms with Gasteiger partial charge >= 0.3 is 0 Å². The standard InChI is InChI=1S/C13H18ClN3O3S/c1-17(10-4-5-21(19,20)8-10)7-13(18)16-9-2-3-11(14)12(15)6-9/h2-3,6,10H,4-5,7-8,15H2,1H3,(H,16,18). The molecule has 1 aromatic carbocycles. The summed E-state index contributed by atoms with van der Waals surface area (Å²) in [7, 11) is -1.20. The summed E-state index contributed by atoms with van der Waals surface area (Å²) in [6.07, 6.45) is 0.569. The van der Waals surface area contributed by atoms with Crippen LogP contribution >= 0.6 is 11.6 Å². The van der Waals surface area contributed by atoms with Crippen LogP contribution < -0.4 is 11.1 Å². The van der Waals surface area contributed by atoms with Gasteiger partial charge in [0.05, 0.1) is 28.8 Å². The molecule has 8 heteroatoms. The number of nitrogens with two attached hydrogens (primary N) is 1. The van der Waals surface area contributed by atoms with Crippen LogP contribution in [-0.2, 0) is 14.6 Å². The number of carbonyl (C=O) groups excluding carboxylic acids is 1. The molecule has 0 bridgehead atoms. The molecule has 3 N–H and O–H groups in total. The van der Waals surface area contributed by atoms with Gasteiger partial charge in [-0.15, -0.1) is 0 Å². The highest BCUT2D eigenvalue weighted by Gasteiger charge is 2.31. The van der Waals surface area contributed by atoms with E-state index in [1.54, 1.807) is 30.1 Å². The Labute approximate surface area is 129 Å². The van der Waals surface area contributed by atoms with Crippen molar-refractivity contribution in [3.05, 3.63) is 23.2 Å². The van der Waals surface area contributed by atoms with E-state index in [0.29, 0.717) is 22.8 Å². The van der Waals surface area contributed by atoms with Crippen molar-refractivity contribution in [2.45, 2.75) is 12.5 Å². The van der Waals surface area contributed by atoms with Crippen LogP contribution in [0.15, 0.2) is 18.2 Å². The molecule has 1 amide bonds. The van der Waals surface area contributed by atoms with E-state index in [1.807, 2.05) is 0 Å². The molecule has 2 rings (SSSR count). The maximum atomic E-state index is 12.0. The Morgan fingerprint density at radius 1 is 1.52 bits per heavy atom. The Morgan fingerprint density at radius 2 is 2.24 bits per heavy atom. The zero-order chi connectivity index (χ0) is 15.6.